The third-order valence-corrected chi connectivity index (χ3v) is 5.49. The van der Waals surface area contributed by atoms with Crippen LogP contribution in [0.25, 0.3) is 22.3 Å². The zero-order chi connectivity index (χ0) is 18.8. The van der Waals surface area contributed by atoms with Crippen LogP contribution in [-0.2, 0) is 5.75 Å². The third-order valence-electron chi connectivity index (χ3n) is 4.17. The predicted molar refractivity (Wildman–Crippen MR) is 108 cm³/mol. The zero-order valence-corrected chi connectivity index (χ0v) is 16.0. The summed E-state index contributed by atoms with van der Waals surface area (Å²) in [6.07, 6.45) is 1.76. The zero-order valence-electron chi connectivity index (χ0n) is 14.5. The molecule has 136 valence electrons. The molecule has 8 heteroatoms. The number of nitrogen functional groups attached to an aromatic ring is 1. The molecule has 27 heavy (non-hydrogen) atoms. The number of fused-ring (bicyclic) bond motifs is 1. The van der Waals surface area contributed by atoms with Gasteiger partial charge < -0.3 is 10.6 Å². The summed E-state index contributed by atoms with van der Waals surface area (Å²) in [6.45, 7) is 0. The van der Waals surface area contributed by atoms with Crippen molar-refractivity contribution >= 4 is 34.3 Å². The minimum absolute atomic E-state index is 0.550. The summed E-state index contributed by atoms with van der Waals surface area (Å²) < 4.78 is 6.87. The fourth-order valence-corrected chi connectivity index (χ4v) is 3.90. The lowest BCUT2D eigenvalue weighted by Gasteiger charge is -2.08. The molecule has 0 unspecified atom stereocenters. The molecule has 0 aliphatic carbocycles. The van der Waals surface area contributed by atoms with E-state index in [1.807, 2.05) is 48.5 Å². The second-order valence-corrected chi connectivity index (χ2v) is 7.12. The lowest BCUT2D eigenvalue weighted by Crippen LogP contribution is -2.12. The monoisotopic (exact) mass is 397 g/mol. The summed E-state index contributed by atoms with van der Waals surface area (Å²) in [5, 5.41) is 10.7. The van der Waals surface area contributed by atoms with Crippen LogP contribution < -0.4 is 10.6 Å². The number of ether oxygens (including phenoxy) is 1. The highest BCUT2D eigenvalue weighted by Crippen LogP contribution is 2.32. The van der Waals surface area contributed by atoms with E-state index < -0.39 is 0 Å². The number of aromatic nitrogens is 4. The van der Waals surface area contributed by atoms with E-state index in [0.717, 1.165) is 22.0 Å². The quantitative estimate of drug-likeness (QED) is 0.402. The van der Waals surface area contributed by atoms with Crippen LogP contribution in [0.5, 0.6) is 5.75 Å². The van der Waals surface area contributed by atoms with Gasteiger partial charge in [0.05, 0.1) is 18.2 Å². The Hall–Kier alpha value is -2.77. The Bertz CT molecular complexity index is 1110. The molecule has 0 bridgehead atoms. The molecule has 0 aliphatic rings. The Morgan fingerprint density at radius 2 is 1.96 bits per heavy atom. The third kappa shape index (κ3) is 3.31. The van der Waals surface area contributed by atoms with E-state index in [1.54, 1.807) is 13.3 Å². The minimum atomic E-state index is 0.550. The Morgan fingerprint density at radius 3 is 2.81 bits per heavy atom. The SMILES string of the molecule is COc1ccccc1-c1nnc(SCc2ccc(Cl)c3cccnc23)n1N. The standard InChI is InChI=1S/C19H16ClN5OS/c1-26-16-7-3-2-5-14(16)18-23-24-19(25(18)21)27-11-12-8-9-15(20)13-6-4-10-22-17(12)13/h2-10H,11,21H2,1H3. The fraction of sp³-hybridized carbons (Fsp3) is 0.105. The maximum absolute atomic E-state index is 6.27. The number of hydrogen-bond donors (Lipinski definition) is 1. The van der Waals surface area contributed by atoms with Gasteiger partial charge >= 0.3 is 0 Å². The normalized spacial score (nSPS) is 11.0. The molecule has 0 saturated carbocycles. The first-order valence-corrected chi connectivity index (χ1v) is 9.54. The molecule has 0 amide bonds. The number of nitrogens with zero attached hydrogens (tertiary/aromatic N) is 4. The smallest absolute Gasteiger partial charge is 0.210 e. The second-order valence-electron chi connectivity index (χ2n) is 5.77. The first-order chi connectivity index (χ1) is 13.2. The number of pyridine rings is 1. The van der Waals surface area contributed by atoms with Crippen LogP contribution in [0.4, 0.5) is 0 Å². The maximum atomic E-state index is 6.27. The number of nitrogens with two attached hydrogens (primary N) is 1. The molecule has 0 spiro atoms. The van der Waals surface area contributed by atoms with Crippen LogP contribution in [0.2, 0.25) is 5.02 Å². The van der Waals surface area contributed by atoms with Gasteiger partial charge in [0.25, 0.3) is 0 Å². The molecule has 0 saturated heterocycles. The Kier molecular flexibility index (Phi) is 4.87. The first kappa shape index (κ1) is 17.6. The molecule has 0 aliphatic heterocycles. The molecule has 4 rings (SSSR count). The van der Waals surface area contributed by atoms with Gasteiger partial charge in [0.1, 0.15) is 5.75 Å². The highest BCUT2D eigenvalue weighted by molar-refractivity contribution is 7.98. The number of thioether (sulfide) groups is 1. The lowest BCUT2D eigenvalue weighted by molar-refractivity contribution is 0.416. The van der Waals surface area contributed by atoms with Gasteiger partial charge in [-0.1, -0.05) is 41.6 Å². The average molecular weight is 398 g/mol. The number of hydrogen-bond acceptors (Lipinski definition) is 6. The lowest BCUT2D eigenvalue weighted by atomic mass is 10.1. The fourth-order valence-electron chi connectivity index (χ4n) is 2.84. The average Bonchev–Trinajstić information content (AvgIpc) is 3.08. The molecule has 4 aromatic rings. The Labute approximate surface area is 165 Å². The van der Waals surface area contributed by atoms with Gasteiger partial charge in [-0.15, -0.1) is 10.2 Å². The van der Waals surface area contributed by atoms with Crippen LogP contribution in [-0.4, -0.2) is 27.0 Å². The largest absolute Gasteiger partial charge is 0.496 e. The molecular weight excluding hydrogens is 382 g/mol. The van der Waals surface area contributed by atoms with Gasteiger partial charge in [0, 0.05) is 22.4 Å². The van der Waals surface area contributed by atoms with Gasteiger partial charge in [0.2, 0.25) is 5.16 Å². The molecule has 6 nitrogen and oxygen atoms in total. The van der Waals surface area contributed by atoms with E-state index in [0.29, 0.717) is 27.5 Å². The van der Waals surface area contributed by atoms with Gasteiger partial charge in [-0.2, -0.15) is 0 Å². The Balaban J connectivity index is 1.62. The molecular formula is C19H16ClN5OS. The molecule has 2 aromatic heterocycles. The van der Waals surface area contributed by atoms with Crippen molar-refractivity contribution in [3.05, 3.63) is 65.3 Å². The van der Waals surface area contributed by atoms with Crippen molar-refractivity contribution in [2.75, 3.05) is 13.0 Å². The van der Waals surface area contributed by atoms with E-state index in [-0.39, 0.29) is 0 Å². The van der Waals surface area contributed by atoms with Gasteiger partial charge in [0.15, 0.2) is 5.82 Å². The summed E-state index contributed by atoms with van der Waals surface area (Å²) in [5.74, 6) is 8.13. The van der Waals surface area contributed by atoms with Crippen LogP contribution >= 0.6 is 23.4 Å². The topological polar surface area (TPSA) is 78.9 Å². The van der Waals surface area contributed by atoms with Crippen molar-refractivity contribution in [2.45, 2.75) is 10.9 Å². The molecule has 0 atom stereocenters. The molecule has 2 heterocycles. The van der Waals surface area contributed by atoms with Gasteiger partial charge in [-0.25, -0.2) is 4.68 Å². The van der Waals surface area contributed by atoms with Crippen LogP contribution in [0.3, 0.4) is 0 Å². The summed E-state index contributed by atoms with van der Waals surface area (Å²) in [7, 11) is 1.62. The van der Waals surface area contributed by atoms with Crippen molar-refractivity contribution in [3.63, 3.8) is 0 Å². The van der Waals surface area contributed by atoms with Crippen LogP contribution in [0.1, 0.15) is 5.56 Å². The van der Waals surface area contributed by atoms with Gasteiger partial charge in [-0.3, -0.25) is 4.98 Å². The van der Waals surface area contributed by atoms with E-state index in [4.69, 9.17) is 22.2 Å². The van der Waals surface area contributed by atoms with Gasteiger partial charge in [-0.05, 0) is 35.9 Å². The van der Waals surface area contributed by atoms with Crippen molar-refractivity contribution in [1.29, 1.82) is 0 Å². The van der Waals surface area contributed by atoms with E-state index >= 15 is 0 Å². The highest BCUT2D eigenvalue weighted by Gasteiger charge is 2.16. The minimum Gasteiger partial charge on any atom is -0.496 e. The number of rotatable bonds is 5. The van der Waals surface area contributed by atoms with E-state index in [9.17, 15) is 0 Å². The van der Waals surface area contributed by atoms with Crippen LogP contribution in [0, 0.1) is 0 Å². The molecule has 0 fully saturated rings. The number of benzene rings is 2. The highest BCUT2D eigenvalue weighted by atomic mass is 35.5. The second kappa shape index (κ2) is 7.46. The van der Waals surface area contributed by atoms with Crippen molar-refractivity contribution in [1.82, 2.24) is 19.9 Å². The summed E-state index contributed by atoms with van der Waals surface area (Å²) in [5.41, 5.74) is 2.73. The van der Waals surface area contributed by atoms with E-state index in [2.05, 4.69) is 15.2 Å². The summed E-state index contributed by atoms with van der Waals surface area (Å²) in [4.78, 5) is 4.46. The molecule has 0 radical (unpaired) electrons. The number of methoxy groups -OCH3 is 1. The summed E-state index contributed by atoms with van der Waals surface area (Å²) in [6, 6.07) is 15.3. The van der Waals surface area contributed by atoms with E-state index in [1.165, 1.54) is 16.4 Å². The van der Waals surface area contributed by atoms with Crippen molar-refractivity contribution < 1.29 is 4.74 Å². The predicted octanol–water partition coefficient (Wildman–Crippen LogP) is 4.16. The maximum Gasteiger partial charge on any atom is 0.210 e. The number of halogens is 1. The van der Waals surface area contributed by atoms with Crippen molar-refractivity contribution in [3.8, 4) is 17.1 Å². The molecule has 2 aromatic carbocycles. The first-order valence-electron chi connectivity index (χ1n) is 8.18. The Morgan fingerprint density at radius 1 is 1.11 bits per heavy atom. The molecule has 2 N–H and O–H groups in total. The summed E-state index contributed by atoms with van der Waals surface area (Å²) >= 11 is 7.76. The number of para-hydroxylation sites is 1. The van der Waals surface area contributed by atoms with Crippen molar-refractivity contribution in [2.24, 2.45) is 0 Å². The van der Waals surface area contributed by atoms with Crippen LogP contribution in [0.15, 0.2) is 59.9 Å².